The van der Waals surface area contributed by atoms with Crippen molar-refractivity contribution in [1.82, 2.24) is 25.2 Å². The quantitative estimate of drug-likeness (QED) is 0.413. The number of rotatable bonds is 3. The Bertz CT molecular complexity index is 736. The fraction of sp³-hybridized carbons (Fsp3) is 0.533. The molecule has 0 bridgehead atoms. The number of hydrogen-bond acceptors (Lipinski definition) is 3. The molecule has 2 aromatic heterocycles. The van der Waals surface area contributed by atoms with Crippen LogP contribution in [0.1, 0.15) is 37.1 Å². The molecule has 1 fully saturated rings. The van der Waals surface area contributed by atoms with Crippen LogP contribution in [0, 0.1) is 0 Å². The highest BCUT2D eigenvalue weighted by molar-refractivity contribution is 14.0. The number of nitrogens with one attached hydrogen (secondary N) is 2. The average Bonchev–Trinajstić information content (AvgIpc) is 3.19. The van der Waals surface area contributed by atoms with Crippen molar-refractivity contribution in [1.29, 1.82) is 0 Å². The molecule has 0 aliphatic heterocycles. The molecule has 1 aliphatic rings. The zero-order valence-corrected chi connectivity index (χ0v) is 16.0. The standard InChI is InChI=1S/C15H19F3N6.HI/c1-19-14(21-11-4-2-3-5-11)20-8-13-23-22-12-7-6-10(9-24(12)13)15(16,17)18;/h6-7,9,11H,2-5,8H2,1H3,(H2,19,20,21);1H. The molecule has 138 valence electrons. The van der Waals surface area contributed by atoms with Crippen LogP contribution in [0.3, 0.4) is 0 Å². The Labute approximate surface area is 160 Å². The molecule has 2 aromatic rings. The Kier molecular flexibility index (Phi) is 6.47. The predicted octanol–water partition coefficient (Wildman–Crippen LogP) is 2.97. The first-order valence-electron chi connectivity index (χ1n) is 7.85. The maximum absolute atomic E-state index is 12.9. The van der Waals surface area contributed by atoms with Crippen LogP contribution in [0.5, 0.6) is 0 Å². The number of hydrogen-bond donors (Lipinski definition) is 2. The van der Waals surface area contributed by atoms with Gasteiger partial charge in [-0.1, -0.05) is 12.8 Å². The summed E-state index contributed by atoms with van der Waals surface area (Å²) in [4.78, 5) is 4.14. The molecule has 0 atom stereocenters. The summed E-state index contributed by atoms with van der Waals surface area (Å²) in [6.45, 7) is 0.231. The van der Waals surface area contributed by atoms with E-state index in [1.54, 1.807) is 7.05 Å². The van der Waals surface area contributed by atoms with E-state index >= 15 is 0 Å². The molecule has 25 heavy (non-hydrogen) atoms. The van der Waals surface area contributed by atoms with E-state index in [1.165, 1.54) is 23.3 Å². The van der Waals surface area contributed by atoms with Gasteiger partial charge in [-0.25, -0.2) is 0 Å². The number of halogens is 4. The zero-order chi connectivity index (χ0) is 17.2. The fourth-order valence-electron chi connectivity index (χ4n) is 2.85. The van der Waals surface area contributed by atoms with Gasteiger partial charge in [0, 0.05) is 19.3 Å². The lowest BCUT2D eigenvalue weighted by Crippen LogP contribution is -2.42. The summed E-state index contributed by atoms with van der Waals surface area (Å²) in [5.74, 6) is 1.01. The van der Waals surface area contributed by atoms with E-state index < -0.39 is 11.7 Å². The van der Waals surface area contributed by atoms with Crippen molar-refractivity contribution in [3.05, 3.63) is 29.7 Å². The summed E-state index contributed by atoms with van der Waals surface area (Å²) in [7, 11) is 1.66. The maximum Gasteiger partial charge on any atom is 0.417 e. The number of alkyl halides is 3. The summed E-state index contributed by atoms with van der Waals surface area (Å²) in [6.07, 6.45) is 1.21. The van der Waals surface area contributed by atoms with Crippen molar-refractivity contribution >= 4 is 35.6 Å². The monoisotopic (exact) mass is 468 g/mol. The molecule has 0 unspecified atom stereocenters. The minimum atomic E-state index is -4.40. The molecular weight excluding hydrogens is 448 g/mol. The number of fused-ring (bicyclic) bond motifs is 1. The first-order valence-corrected chi connectivity index (χ1v) is 7.85. The van der Waals surface area contributed by atoms with E-state index in [9.17, 15) is 13.2 Å². The third kappa shape index (κ3) is 4.73. The van der Waals surface area contributed by atoms with Crippen molar-refractivity contribution in [2.24, 2.45) is 4.99 Å². The van der Waals surface area contributed by atoms with Gasteiger partial charge in [-0.2, -0.15) is 13.2 Å². The topological polar surface area (TPSA) is 66.6 Å². The van der Waals surface area contributed by atoms with Gasteiger partial charge in [-0.15, -0.1) is 34.2 Å². The van der Waals surface area contributed by atoms with Crippen LogP contribution < -0.4 is 10.6 Å². The lowest BCUT2D eigenvalue weighted by molar-refractivity contribution is -0.137. The van der Waals surface area contributed by atoms with Crippen molar-refractivity contribution in [3.63, 3.8) is 0 Å². The molecule has 0 saturated heterocycles. The second kappa shape index (κ2) is 8.19. The predicted molar refractivity (Wildman–Crippen MR) is 99.0 cm³/mol. The Morgan fingerprint density at radius 1 is 1.28 bits per heavy atom. The average molecular weight is 468 g/mol. The van der Waals surface area contributed by atoms with Gasteiger partial charge >= 0.3 is 6.18 Å². The molecule has 6 nitrogen and oxygen atoms in total. The van der Waals surface area contributed by atoms with Crippen LogP contribution >= 0.6 is 24.0 Å². The van der Waals surface area contributed by atoms with Crippen LogP contribution in [0.2, 0.25) is 0 Å². The molecule has 10 heteroatoms. The first kappa shape index (κ1) is 19.7. The Morgan fingerprint density at radius 3 is 2.64 bits per heavy atom. The van der Waals surface area contributed by atoms with E-state index in [1.807, 2.05) is 0 Å². The van der Waals surface area contributed by atoms with Crippen molar-refractivity contribution in [2.45, 2.75) is 44.4 Å². The molecule has 2 heterocycles. The lowest BCUT2D eigenvalue weighted by Gasteiger charge is -2.16. The first-order chi connectivity index (χ1) is 11.5. The highest BCUT2D eigenvalue weighted by Gasteiger charge is 2.31. The Hall–Kier alpha value is -1.59. The minimum Gasteiger partial charge on any atom is -0.354 e. The Balaban J connectivity index is 0.00000225. The number of guanidine groups is 1. The van der Waals surface area contributed by atoms with Crippen LogP contribution in [-0.4, -0.2) is 33.6 Å². The van der Waals surface area contributed by atoms with Crippen molar-refractivity contribution in [2.75, 3.05) is 7.05 Å². The molecular formula is C15H20F3IN6. The van der Waals surface area contributed by atoms with E-state index in [0.29, 0.717) is 23.5 Å². The number of aromatic nitrogens is 3. The van der Waals surface area contributed by atoms with Gasteiger partial charge in [0.2, 0.25) is 0 Å². The number of aliphatic imine (C=N–C) groups is 1. The van der Waals surface area contributed by atoms with Gasteiger partial charge in [-0.3, -0.25) is 9.39 Å². The molecule has 0 aromatic carbocycles. The third-order valence-corrected chi connectivity index (χ3v) is 4.13. The number of nitrogens with zero attached hydrogens (tertiary/aromatic N) is 4. The summed E-state index contributed by atoms with van der Waals surface area (Å²) in [5.41, 5.74) is -0.358. The number of pyridine rings is 1. The summed E-state index contributed by atoms with van der Waals surface area (Å²) in [6, 6.07) is 2.70. The normalized spacial score (nSPS) is 16.1. The van der Waals surface area contributed by atoms with Gasteiger partial charge in [0.25, 0.3) is 0 Å². The lowest BCUT2D eigenvalue weighted by atomic mass is 10.2. The zero-order valence-electron chi connectivity index (χ0n) is 13.7. The van der Waals surface area contributed by atoms with Crippen LogP contribution in [-0.2, 0) is 12.7 Å². The Morgan fingerprint density at radius 2 is 2.00 bits per heavy atom. The molecule has 0 spiro atoms. The van der Waals surface area contributed by atoms with E-state index in [-0.39, 0.29) is 30.5 Å². The molecule has 2 N–H and O–H groups in total. The summed E-state index contributed by atoms with van der Waals surface area (Å²) >= 11 is 0. The molecule has 1 saturated carbocycles. The second-order valence-electron chi connectivity index (χ2n) is 5.81. The summed E-state index contributed by atoms with van der Waals surface area (Å²) < 4.78 is 39.9. The van der Waals surface area contributed by atoms with E-state index in [0.717, 1.165) is 25.1 Å². The van der Waals surface area contributed by atoms with Gasteiger partial charge < -0.3 is 10.6 Å². The van der Waals surface area contributed by atoms with Crippen LogP contribution in [0.25, 0.3) is 5.65 Å². The third-order valence-electron chi connectivity index (χ3n) is 4.13. The van der Waals surface area contributed by atoms with Gasteiger partial charge in [0.05, 0.1) is 12.1 Å². The summed E-state index contributed by atoms with van der Waals surface area (Å²) in [5, 5.41) is 14.2. The molecule has 0 radical (unpaired) electrons. The van der Waals surface area contributed by atoms with Crippen molar-refractivity contribution in [3.8, 4) is 0 Å². The second-order valence-corrected chi connectivity index (χ2v) is 5.81. The van der Waals surface area contributed by atoms with E-state index in [2.05, 4.69) is 25.8 Å². The molecule has 1 aliphatic carbocycles. The van der Waals surface area contributed by atoms with E-state index in [4.69, 9.17) is 0 Å². The maximum atomic E-state index is 12.9. The SMILES string of the molecule is CN=C(NCc1nnc2ccc(C(F)(F)F)cn12)NC1CCCC1.I. The van der Waals surface area contributed by atoms with Crippen molar-refractivity contribution < 1.29 is 13.2 Å². The fourth-order valence-corrected chi connectivity index (χ4v) is 2.85. The van der Waals surface area contributed by atoms with Gasteiger partial charge in [0.1, 0.15) is 0 Å². The smallest absolute Gasteiger partial charge is 0.354 e. The van der Waals surface area contributed by atoms with Crippen LogP contribution in [0.15, 0.2) is 23.3 Å². The molecule has 0 amide bonds. The van der Waals surface area contributed by atoms with Gasteiger partial charge in [0.15, 0.2) is 17.4 Å². The van der Waals surface area contributed by atoms with Gasteiger partial charge in [-0.05, 0) is 25.0 Å². The minimum absolute atomic E-state index is 0. The highest BCUT2D eigenvalue weighted by Crippen LogP contribution is 2.29. The van der Waals surface area contributed by atoms with Crippen LogP contribution in [0.4, 0.5) is 13.2 Å². The molecule has 3 rings (SSSR count). The highest BCUT2D eigenvalue weighted by atomic mass is 127. The largest absolute Gasteiger partial charge is 0.417 e.